The van der Waals surface area contributed by atoms with Gasteiger partial charge < -0.3 is 5.73 Å². The van der Waals surface area contributed by atoms with Crippen LogP contribution in [-0.4, -0.2) is 11.8 Å². The third-order valence-electron chi connectivity index (χ3n) is 1.71. The highest BCUT2D eigenvalue weighted by molar-refractivity contribution is 7.80. The predicted octanol–water partition coefficient (Wildman–Crippen LogP) is 1.08. The zero-order valence-electron chi connectivity index (χ0n) is 4.71. The molecule has 0 heterocycles. The molecule has 1 aliphatic rings. The van der Waals surface area contributed by atoms with Crippen molar-refractivity contribution in [2.75, 3.05) is 5.75 Å². The summed E-state index contributed by atoms with van der Waals surface area (Å²) in [5.74, 6) is 1.70. The fourth-order valence-corrected chi connectivity index (χ4v) is 1.27. The van der Waals surface area contributed by atoms with Gasteiger partial charge in [-0.25, -0.2) is 0 Å². The van der Waals surface area contributed by atoms with Crippen molar-refractivity contribution < 1.29 is 0 Å². The Morgan fingerprint density at radius 3 is 2.12 bits per heavy atom. The Kier molecular flexibility index (Phi) is 3.86. The van der Waals surface area contributed by atoms with Gasteiger partial charge in [-0.1, -0.05) is 0 Å². The molecule has 1 rings (SSSR count). The van der Waals surface area contributed by atoms with Gasteiger partial charge >= 0.3 is 0 Å². The molecule has 0 spiro atoms. The molecule has 2 atom stereocenters. The van der Waals surface area contributed by atoms with Crippen molar-refractivity contribution in [1.29, 1.82) is 0 Å². The molecule has 0 aromatic carbocycles. The fourth-order valence-electron chi connectivity index (χ4n) is 0.821. The van der Waals surface area contributed by atoms with Crippen LogP contribution in [-0.2, 0) is 0 Å². The lowest BCUT2D eigenvalue weighted by molar-refractivity contribution is 0.288. The lowest BCUT2D eigenvalue weighted by Gasteiger charge is -2.31. The lowest BCUT2D eigenvalue weighted by atomic mass is 9.82. The molecular formula is C5H12ClNS. The molecule has 0 radical (unpaired) electrons. The number of nitrogens with two attached hydrogens (primary N) is 1. The summed E-state index contributed by atoms with van der Waals surface area (Å²) >= 11 is 4.13. The fraction of sp³-hybridized carbons (Fsp3) is 1.00. The SMILES string of the molecule is Cl.NC1CCC1CS. The Balaban J connectivity index is 0.000000490. The summed E-state index contributed by atoms with van der Waals surface area (Å²) in [6, 6.07) is 0.470. The number of hydrogen-bond acceptors (Lipinski definition) is 2. The highest BCUT2D eigenvalue weighted by Gasteiger charge is 2.25. The third-order valence-corrected chi connectivity index (χ3v) is 2.18. The summed E-state index contributed by atoms with van der Waals surface area (Å²) in [4.78, 5) is 0. The first kappa shape index (κ1) is 8.60. The van der Waals surface area contributed by atoms with Gasteiger partial charge in [0.05, 0.1) is 0 Å². The van der Waals surface area contributed by atoms with Crippen LogP contribution in [0.2, 0.25) is 0 Å². The average Bonchev–Trinajstić information content (AvgIpc) is 1.65. The van der Waals surface area contributed by atoms with Crippen molar-refractivity contribution in [3.63, 3.8) is 0 Å². The van der Waals surface area contributed by atoms with Crippen LogP contribution in [0.5, 0.6) is 0 Å². The monoisotopic (exact) mass is 153 g/mol. The molecule has 0 amide bonds. The molecule has 3 heteroatoms. The van der Waals surface area contributed by atoms with Gasteiger partial charge in [-0.3, -0.25) is 0 Å². The Hall–Kier alpha value is 0.600. The van der Waals surface area contributed by atoms with Crippen molar-refractivity contribution in [3.05, 3.63) is 0 Å². The Bertz CT molecular complexity index is 67.4. The number of halogens is 1. The molecule has 0 aromatic rings. The van der Waals surface area contributed by atoms with E-state index in [9.17, 15) is 0 Å². The highest BCUT2D eigenvalue weighted by atomic mass is 35.5. The maximum absolute atomic E-state index is 5.58. The van der Waals surface area contributed by atoms with Gasteiger partial charge in [0.25, 0.3) is 0 Å². The van der Waals surface area contributed by atoms with Crippen LogP contribution in [0.15, 0.2) is 0 Å². The second kappa shape index (κ2) is 3.59. The third kappa shape index (κ3) is 1.54. The maximum atomic E-state index is 5.58. The van der Waals surface area contributed by atoms with Crippen LogP contribution in [0.4, 0.5) is 0 Å². The van der Waals surface area contributed by atoms with Crippen LogP contribution < -0.4 is 5.73 Å². The summed E-state index contributed by atoms with van der Waals surface area (Å²) in [5, 5.41) is 0. The van der Waals surface area contributed by atoms with Crippen LogP contribution in [0, 0.1) is 5.92 Å². The minimum Gasteiger partial charge on any atom is -0.327 e. The smallest absolute Gasteiger partial charge is 0.00750 e. The first-order valence-electron chi connectivity index (χ1n) is 2.71. The summed E-state index contributed by atoms with van der Waals surface area (Å²) in [6.45, 7) is 0. The van der Waals surface area contributed by atoms with E-state index in [-0.39, 0.29) is 12.4 Å². The molecule has 0 saturated heterocycles. The van der Waals surface area contributed by atoms with E-state index in [2.05, 4.69) is 12.6 Å². The first-order chi connectivity index (χ1) is 3.34. The van der Waals surface area contributed by atoms with Gasteiger partial charge in [0.1, 0.15) is 0 Å². The Labute approximate surface area is 61.8 Å². The van der Waals surface area contributed by atoms with Crippen molar-refractivity contribution >= 4 is 25.0 Å². The molecule has 2 N–H and O–H groups in total. The molecule has 2 unspecified atom stereocenters. The molecule has 1 fully saturated rings. The maximum Gasteiger partial charge on any atom is 0.00750 e. The molecule has 1 saturated carbocycles. The van der Waals surface area contributed by atoms with E-state index in [0.29, 0.717) is 6.04 Å². The topological polar surface area (TPSA) is 26.0 Å². The van der Waals surface area contributed by atoms with Crippen LogP contribution in [0.3, 0.4) is 0 Å². The van der Waals surface area contributed by atoms with Crippen LogP contribution >= 0.6 is 25.0 Å². The number of thiol groups is 1. The molecular weight excluding hydrogens is 142 g/mol. The predicted molar refractivity (Wildman–Crippen MR) is 41.8 cm³/mol. The van der Waals surface area contributed by atoms with Crippen molar-refractivity contribution in [2.24, 2.45) is 11.7 Å². The van der Waals surface area contributed by atoms with Gasteiger partial charge in [-0.15, -0.1) is 12.4 Å². The van der Waals surface area contributed by atoms with Crippen molar-refractivity contribution in [1.82, 2.24) is 0 Å². The molecule has 0 bridgehead atoms. The summed E-state index contributed by atoms with van der Waals surface area (Å²) < 4.78 is 0. The summed E-state index contributed by atoms with van der Waals surface area (Å²) in [6.07, 6.45) is 2.51. The normalized spacial score (nSPS) is 35.2. The zero-order valence-corrected chi connectivity index (χ0v) is 6.42. The summed E-state index contributed by atoms with van der Waals surface area (Å²) in [7, 11) is 0. The Morgan fingerprint density at radius 2 is 2.12 bits per heavy atom. The van der Waals surface area contributed by atoms with Gasteiger partial charge in [0.15, 0.2) is 0 Å². The van der Waals surface area contributed by atoms with Gasteiger partial charge in [-0.05, 0) is 24.5 Å². The Morgan fingerprint density at radius 1 is 1.50 bits per heavy atom. The quantitative estimate of drug-likeness (QED) is 0.542. The first-order valence-corrected chi connectivity index (χ1v) is 3.34. The molecule has 8 heavy (non-hydrogen) atoms. The van der Waals surface area contributed by atoms with Gasteiger partial charge in [0.2, 0.25) is 0 Å². The number of hydrogen-bond donors (Lipinski definition) is 2. The van der Waals surface area contributed by atoms with Crippen LogP contribution in [0.25, 0.3) is 0 Å². The molecule has 0 aromatic heterocycles. The summed E-state index contributed by atoms with van der Waals surface area (Å²) in [5.41, 5.74) is 5.58. The van der Waals surface area contributed by atoms with E-state index in [4.69, 9.17) is 5.73 Å². The van der Waals surface area contributed by atoms with E-state index >= 15 is 0 Å². The largest absolute Gasteiger partial charge is 0.327 e. The van der Waals surface area contributed by atoms with Gasteiger partial charge in [0, 0.05) is 6.04 Å². The standard InChI is InChI=1S/C5H11NS.ClH/c6-5-2-1-4(5)3-7;/h4-5,7H,1-3,6H2;1H. The van der Waals surface area contributed by atoms with Crippen molar-refractivity contribution in [3.8, 4) is 0 Å². The van der Waals surface area contributed by atoms with Crippen LogP contribution in [0.1, 0.15) is 12.8 Å². The molecule has 1 aliphatic carbocycles. The van der Waals surface area contributed by atoms with Gasteiger partial charge in [-0.2, -0.15) is 12.6 Å². The average molecular weight is 154 g/mol. The minimum atomic E-state index is 0. The second-order valence-corrected chi connectivity index (χ2v) is 2.55. The molecule has 0 aliphatic heterocycles. The van der Waals surface area contributed by atoms with E-state index in [1.807, 2.05) is 0 Å². The van der Waals surface area contributed by atoms with E-state index in [0.717, 1.165) is 11.7 Å². The molecule has 1 nitrogen and oxygen atoms in total. The number of rotatable bonds is 1. The lowest BCUT2D eigenvalue weighted by Crippen LogP contribution is -2.40. The molecule has 50 valence electrons. The zero-order chi connectivity index (χ0) is 5.28. The minimum absolute atomic E-state index is 0. The van der Waals surface area contributed by atoms with Crippen molar-refractivity contribution in [2.45, 2.75) is 18.9 Å². The van der Waals surface area contributed by atoms with E-state index in [1.165, 1.54) is 12.8 Å². The van der Waals surface area contributed by atoms with E-state index < -0.39 is 0 Å². The highest BCUT2D eigenvalue weighted by Crippen LogP contribution is 2.25. The second-order valence-electron chi connectivity index (χ2n) is 2.18. The van der Waals surface area contributed by atoms with E-state index in [1.54, 1.807) is 0 Å².